The van der Waals surface area contributed by atoms with Gasteiger partial charge in [0.15, 0.2) is 0 Å². The smallest absolute Gasteiger partial charge is 0.119 e. The molecule has 1 aromatic rings. The Bertz CT molecular complexity index is 448. The topological polar surface area (TPSA) is 38.3 Å². The van der Waals surface area contributed by atoms with Gasteiger partial charge >= 0.3 is 0 Å². The van der Waals surface area contributed by atoms with Crippen molar-refractivity contribution in [3.8, 4) is 5.75 Å². The minimum atomic E-state index is -0.677. The standard InChI is InChI=1S/C15H23NO2S/c1-3-19(17)10-9-16-15-6-4-5-12-11-13(18-2)7-8-14(12)15/h7-8,11,15-16H,3-6,9-10H2,1-2H3. The highest BCUT2D eigenvalue weighted by Crippen LogP contribution is 2.31. The number of fused-ring (bicyclic) bond motifs is 1. The first-order chi connectivity index (χ1) is 9.24. The van der Waals surface area contributed by atoms with Gasteiger partial charge in [0, 0.05) is 34.9 Å². The van der Waals surface area contributed by atoms with Crippen molar-refractivity contribution in [3.63, 3.8) is 0 Å². The van der Waals surface area contributed by atoms with Crippen molar-refractivity contribution in [2.75, 3.05) is 25.2 Å². The van der Waals surface area contributed by atoms with Crippen LogP contribution in [0.2, 0.25) is 0 Å². The Kier molecular flexibility index (Phi) is 5.40. The molecule has 1 aliphatic carbocycles. The zero-order valence-corrected chi connectivity index (χ0v) is 12.6. The second-order valence-corrected chi connectivity index (χ2v) is 6.76. The van der Waals surface area contributed by atoms with Gasteiger partial charge < -0.3 is 10.1 Å². The van der Waals surface area contributed by atoms with E-state index in [0.29, 0.717) is 6.04 Å². The fourth-order valence-corrected chi connectivity index (χ4v) is 3.26. The van der Waals surface area contributed by atoms with Gasteiger partial charge in [0.05, 0.1) is 7.11 Å². The van der Waals surface area contributed by atoms with Gasteiger partial charge in [0.2, 0.25) is 0 Å². The second-order valence-electron chi connectivity index (χ2n) is 4.90. The highest BCUT2D eigenvalue weighted by molar-refractivity contribution is 7.84. The predicted molar refractivity (Wildman–Crippen MR) is 80.2 cm³/mol. The molecular formula is C15H23NO2S. The summed E-state index contributed by atoms with van der Waals surface area (Å²) in [6.07, 6.45) is 3.50. The van der Waals surface area contributed by atoms with Crippen molar-refractivity contribution in [1.82, 2.24) is 5.32 Å². The minimum absolute atomic E-state index is 0.406. The Morgan fingerprint density at radius 1 is 1.47 bits per heavy atom. The number of rotatable bonds is 6. The van der Waals surface area contributed by atoms with E-state index in [4.69, 9.17) is 4.74 Å². The molecule has 0 amide bonds. The van der Waals surface area contributed by atoms with Gasteiger partial charge in [-0.3, -0.25) is 4.21 Å². The molecule has 0 spiro atoms. The second kappa shape index (κ2) is 7.06. The number of hydrogen-bond donors (Lipinski definition) is 1. The average molecular weight is 281 g/mol. The van der Waals surface area contributed by atoms with Gasteiger partial charge in [0.1, 0.15) is 5.75 Å². The van der Waals surface area contributed by atoms with E-state index in [0.717, 1.165) is 36.6 Å². The molecule has 106 valence electrons. The number of nitrogens with one attached hydrogen (secondary N) is 1. The quantitative estimate of drug-likeness (QED) is 0.870. The van der Waals surface area contributed by atoms with Crippen LogP contribution in [0.15, 0.2) is 18.2 Å². The maximum Gasteiger partial charge on any atom is 0.119 e. The zero-order valence-electron chi connectivity index (χ0n) is 11.8. The van der Waals surface area contributed by atoms with E-state index < -0.39 is 10.8 Å². The predicted octanol–water partition coefficient (Wildman–Crippen LogP) is 2.43. The molecule has 19 heavy (non-hydrogen) atoms. The average Bonchev–Trinajstić information content (AvgIpc) is 2.46. The Morgan fingerprint density at radius 2 is 2.32 bits per heavy atom. The lowest BCUT2D eigenvalue weighted by Crippen LogP contribution is -2.28. The summed E-state index contributed by atoms with van der Waals surface area (Å²) in [5, 5.41) is 3.55. The van der Waals surface area contributed by atoms with Crippen molar-refractivity contribution in [3.05, 3.63) is 29.3 Å². The number of ether oxygens (including phenoxy) is 1. The molecule has 1 N–H and O–H groups in total. The Balaban J connectivity index is 1.99. The van der Waals surface area contributed by atoms with E-state index in [1.54, 1.807) is 7.11 Å². The van der Waals surface area contributed by atoms with Crippen LogP contribution in [0.3, 0.4) is 0 Å². The van der Waals surface area contributed by atoms with Crippen LogP contribution in [0.25, 0.3) is 0 Å². The first-order valence-electron chi connectivity index (χ1n) is 6.99. The molecule has 0 fully saturated rings. The van der Waals surface area contributed by atoms with E-state index in [1.807, 2.05) is 13.0 Å². The summed E-state index contributed by atoms with van der Waals surface area (Å²) in [5.74, 6) is 2.44. The lowest BCUT2D eigenvalue weighted by atomic mass is 9.87. The molecule has 1 aromatic carbocycles. The monoisotopic (exact) mass is 281 g/mol. The largest absolute Gasteiger partial charge is 0.497 e. The minimum Gasteiger partial charge on any atom is -0.497 e. The van der Waals surface area contributed by atoms with Gasteiger partial charge in [-0.05, 0) is 42.5 Å². The number of methoxy groups -OCH3 is 1. The fraction of sp³-hybridized carbons (Fsp3) is 0.600. The Labute approximate surface area is 118 Å². The van der Waals surface area contributed by atoms with Gasteiger partial charge in [0.25, 0.3) is 0 Å². The molecule has 4 heteroatoms. The van der Waals surface area contributed by atoms with Crippen molar-refractivity contribution < 1.29 is 8.95 Å². The van der Waals surface area contributed by atoms with Crippen molar-refractivity contribution in [2.45, 2.75) is 32.2 Å². The number of aryl methyl sites for hydroxylation is 1. The van der Waals surface area contributed by atoms with Crippen molar-refractivity contribution in [1.29, 1.82) is 0 Å². The zero-order chi connectivity index (χ0) is 13.7. The van der Waals surface area contributed by atoms with Gasteiger partial charge in [-0.25, -0.2) is 0 Å². The van der Waals surface area contributed by atoms with Crippen LogP contribution in [0, 0.1) is 0 Å². The van der Waals surface area contributed by atoms with Gasteiger partial charge in [-0.1, -0.05) is 13.0 Å². The van der Waals surface area contributed by atoms with Crippen LogP contribution >= 0.6 is 0 Å². The summed E-state index contributed by atoms with van der Waals surface area (Å²) >= 11 is 0. The number of hydrogen-bond acceptors (Lipinski definition) is 3. The van der Waals surface area contributed by atoms with Crippen LogP contribution in [0.4, 0.5) is 0 Å². The molecule has 2 unspecified atom stereocenters. The molecule has 2 atom stereocenters. The van der Waals surface area contributed by atoms with Crippen LogP contribution in [0.1, 0.15) is 36.9 Å². The van der Waals surface area contributed by atoms with Crippen molar-refractivity contribution >= 4 is 10.8 Å². The third kappa shape index (κ3) is 3.80. The van der Waals surface area contributed by atoms with E-state index in [1.165, 1.54) is 17.5 Å². The first kappa shape index (κ1) is 14.5. The van der Waals surface area contributed by atoms with Crippen LogP contribution in [-0.4, -0.2) is 29.4 Å². The molecule has 3 nitrogen and oxygen atoms in total. The Morgan fingerprint density at radius 3 is 3.05 bits per heavy atom. The molecule has 1 aliphatic rings. The van der Waals surface area contributed by atoms with Crippen LogP contribution in [-0.2, 0) is 17.2 Å². The lowest BCUT2D eigenvalue weighted by molar-refractivity contribution is 0.411. The van der Waals surface area contributed by atoms with E-state index in [-0.39, 0.29) is 0 Å². The molecular weight excluding hydrogens is 258 g/mol. The summed E-state index contributed by atoms with van der Waals surface area (Å²) < 4.78 is 16.7. The summed E-state index contributed by atoms with van der Waals surface area (Å²) in [6, 6.07) is 6.75. The molecule has 2 rings (SSSR count). The number of benzene rings is 1. The van der Waals surface area contributed by atoms with E-state index >= 15 is 0 Å². The summed E-state index contributed by atoms with van der Waals surface area (Å²) in [4.78, 5) is 0. The van der Waals surface area contributed by atoms with Crippen molar-refractivity contribution in [2.24, 2.45) is 0 Å². The summed E-state index contributed by atoms with van der Waals surface area (Å²) in [5.41, 5.74) is 2.77. The van der Waals surface area contributed by atoms with Gasteiger partial charge in [-0.15, -0.1) is 0 Å². The highest BCUT2D eigenvalue weighted by atomic mass is 32.2. The molecule has 0 saturated carbocycles. The maximum atomic E-state index is 11.4. The fourth-order valence-electron chi connectivity index (χ4n) is 2.62. The van der Waals surface area contributed by atoms with Crippen LogP contribution < -0.4 is 10.1 Å². The maximum absolute atomic E-state index is 11.4. The molecule has 0 saturated heterocycles. The summed E-state index contributed by atoms with van der Waals surface area (Å²) in [7, 11) is 1.03. The van der Waals surface area contributed by atoms with E-state index in [2.05, 4.69) is 17.4 Å². The molecule has 0 aliphatic heterocycles. The summed E-state index contributed by atoms with van der Waals surface area (Å²) in [6.45, 7) is 2.80. The Hall–Kier alpha value is -0.870. The van der Waals surface area contributed by atoms with Crippen LogP contribution in [0.5, 0.6) is 5.75 Å². The molecule has 0 heterocycles. The SMILES string of the molecule is CCS(=O)CCNC1CCCc2cc(OC)ccc21. The molecule has 0 radical (unpaired) electrons. The highest BCUT2D eigenvalue weighted by Gasteiger charge is 2.20. The van der Waals surface area contributed by atoms with E-state index in [9.17, 15) is 4.21 Å². The third-order valence-corrected chi connectivity index (χ3v) is 5.01. The first-order valence-corrected chi connectivity index (χ1v) is 8.48. The third-order valence-electron chi connectivity index (χ3n) is 3.71. The normalized spacial score (nSPS) is 19.8. The molecule has 0 bridgehead atoms. The molecule has 0 aromatic heterocycles. The van der Waals surface area contributed by atoms with Gasteiger partial charge in [-0.2, -0.15) is 0 Å². The lowest BCUT2D eigenvalue weighted by Gasteiger charge is -2.27.